The highest BCUT2D eigenvalue weighted by Gasteiger charge is 2.27. The summed E-state index contributed by atoms with van der Waals surface area (Å²) in [6.07, 6.45) is 6.20. The van der Waals surface area contributed by atoms with Crippen molar-refractivity contribution >= 4 is 41.5 Å². The van der Waals surface area contributed by atoms with E-state index in [0.717, 1.165) is 17.7 Å². The quantitative estimate of drug-likeness (QED) is 0.359. The lowest BCUT2D eigenvalue weighted by atomic mass is 10.2. The molecule has 2 aromatic rings. The maximum absolute atomic E-state index is 12.6. The van der Waals surface area contributed by atoms with Gasteiger partial charge in [-0.1, -0.05) is 13.0 Å². The summed E-state index contributed by atoms with van der Waals surface area (Å²) in [5, 5.41) is 7.46. The van der Waals surface area contributed by atoms with Crippen molar-refractivity contribution in [3.63, 3.8) is 0 Å². The predicted octanol–water partition coefficient (Wildman–Crippen LogP) is 1.65. The SMILES string of the molecule is CCCOc1ncccc1CNC(=NC)N1CCN(c2cnn(C)c2)C(=O)C1.I. The zero-order valence-electron chi connectivity index (χ0n) is 17.0. The normalized spacial score (nSPS) is 14.6. The van der Waals surface area contributed by atoms with Crippen molar-refractivity contribution < 1.29 is 9.53 Å². The van der Waals surface area contributed by atoms with Crippen LogP contribution >= 0.6 is 24.0 Å². The summed E-state index contributed by atoms with van der Waals surface area (Å²) < 4.78 is 7.40. The number of nitrogens with zero attached hydrogens (tertiary/aromatic N) is 6. The van der Waals surface area contributed by atoms with Crippen LogP contribution in [0.5, 0.6) is 5.88 Å². The monoisotopic (exact) mass is 513 g/mol. The number of hydrogen-bond acceptors (Lipinski definition) is 5. The molecule has 0 radical (unpaired) electrons. The fourth-order valence-electron chi connectivity index (χ4n) is 3.07. The number of carbonyl (C=O) groups is 1. The molecule has 0 unspecified atom stereocenters. The minimum absolute atomic E-state index is 0. The Balaban J connectivity index is 0.00000300. The van der Waals surface area contributed by atoms with Gasteiger partial charge < -0.3 is 19.9 Å². The molecule has 1 aliphatic rings. The van der Waals surface area contributed by atoms with Crippen LogP contribution in [0, 0.1) is 0 Å². The Kier molecular flexibility index (Phi) is 8.68. The molecule has 1 N–H and O–H groups in total. The van der Waals surface area contributed by atoms with Gasteiger partial charge in [0.15, 0.2) is 5.96 Å². The summed E-state index contributed by atoms with van der Waals surface area (Å²) in [5.41, 5.74) is 1.78. The molecular formula is C19H28IN7O2. The number of rotatable bonds is 6. The first kappa shape index (κ1) is 22.9. The predicted molar refractivity (Wildman–Crippen MR) is 123 cm³/mol. The van der Waals surface area contributed by atoms with E-state index in [4.69, 9.17) is 4.74 Å². The van der Waals surface area contributed by atoms with Crippen LogP contribution in [-0.4, -0.2) is 64.8 Å². The van der Waals surface area contributed by atoms with Crippen LogP contribution in [0.2, 0.25) is 0 Å². The van der Waals surface area contributed by atoms with Crippen molar-refractivity contribution in [2.45, 2.75) is 19.9 Å². The minimum Gasteiger partial charge on any atom is -0.477 e. The number of pyridine rings is 1. The number of carbonyl (C=O) groups excluding carboxylic acids is 1. The first-order chi connectivity index (χ1) is 13.6. The number of anilines is 1. The van der Waals surface area contributed by atoms with Gasteiger partial charge in [0.25, 0.3) is 0 Å². The number of aromatic nitrogens is 3. The van der Waals surface area contributed by atoms with Gasteiger partial charge in [0.05, 0.1) is 18.5 Å². The van der Waals surface area contributed by atoms with Gasteiger partial charge in [0.1, 0.15) is 6.54 Å². The highest BCUT2D eigenvalue weighted by Crippen LogP contribution is 2.17. The van der Waals surface area contributed by atoms with E-state index in [9.17, 15) is 4.79 Å². The summed E-state index contributed by atoms with van der Waals surface area (Å²) in [4.78, 5) is 25.0. The number of halogens is 1. The van der Waals surface area contributed by atoms with Crippen LogP contribution in [-0.2, 0) is 18.4 Å². The molecule has 0 bridgehead atoms. The standard InChI is InChI=1S/C19H27N7O2.HI/c1-4-10-28-18-15(6-5-7-21-18)11-22-19(20-2)25-8-9-26(17(27)14-25)16-12-23-24(3)13-16;/h5-7,12-13H,4,8-11,14H2,1-3H3,(H,20,22);1H. The maximum Gasteiger partial charge on any atom is 0.246 e. The fourth-order valence-corrected chi connectivity index (χ4v) is 3.07. The molecule has 3 heterocycles. The van der Waals surface area contributed by atoms with Crippen molar-refractivity contribution in [1.29, 1.82) is 0 Å². The van der Waals surface area contributed by atoms with Crippen LogP contribution < -0.4 is 15.0 Å². The van der Waals surface area contributed by atoms with E-state index >= 15 is 0 Å². The third-order valence-electron chi connectivity index (χ3n) is 4.46. The molecule has 0 spiro atoms. The highest BCUT2D eigenvalue weighted by molar-refractivity contribution is 14.0. The molecule has 1 fully saturated rings. The highest BCUT2D eigenvalue weighted by atomic mass is 127. The van der Waals surface area contributed by atoms with Crippen LogP contribution in [0.15, 0.2) is 35.7 Å². The van der Waals surface area contributed by atoms with Gasteiger partial charge >= 0.3 is 0 Å². The summed E-state index contributed by atoms with van der Waals surface area (Å²) in [6, 6.07) is 3.86. The van der Waals surface area contributed by atoms with Crippen LogP contribution in [0.1, 0.15) is 18.9 Å². The molecule has 158 valence electrons. The number of piperazine rings is 1. The number of aliphatic imine (C=N–C) groups is 1. The summed E-state index contributed by atoms with van der Waals surface area (Å²) in [6.45, 7) is 4.75. The second-order valence-electron chi connectivity index (χ2n) is 6.56. The number of hydrogen-bond donors (Lipinski definition) is 1. The Bertz CT molecular complexity index is 839. The lowest BCUT2D eigenvalue weighted by Crippen LogP contribution is -2.55. The van der Waals surface area contributed by atoms with Crippen molar-refractivity contribution in [2.75, 3.05) is 38.2 Å². The molecular weight excluding hydrogens is 485 g/mol. The van der Waals surface area contributed by atoms with Gasteiger partial charge in [-0.25, -0.2) is 4.98 Å². The Labute approximate surface area is 188 Å². The van der Waals surface area contributed by atoms with E-state index in [0.29, 0.717) is 38.1 Å². The van der Waals surface area contributed by atoms with Crippen molar-refractivity contribution in [3.05, 3.63) is 36.3 Å². The molecule has 29 heavy (non-hydrogen) atoms. The number of amides is 1. The van der Waals surface area contributed by atoms with E-state index in [1.807, 2.05) is 30.3 Å². The van der Waals surface area contributed by atoms with Gasteiger partial charge in [-0.15, -0.1) is 24.0 Å². The average Bonchev–Trinajstić information content (AvgIpc) is 3.13. The van der Waals surface area contributed by atoms with E-state index < -0.39 is 0 Å². The topological polar surface area (TPSA) is 87.9 Å². The molecule has 0 atom stereocenters. The molecule has 1 amide bonds. The average molecular weight is 513 g/mol. The molecule has 1 saturated heterocycles. The van der Waals surface area contributed by atoms with Crippen LogP contribution in [0.4, 0.5) is 5.69 Å². The Morgan fingerprint density at radius 2 is 2.21 bits per heavy atom. The Morgan fingerprint density at radius 1 is 1.38 bits per heavy atom. The first-order valence-corrected chi connectivity index (χ1v) is 9.43. The summed E-state index contributed by atoms with van der Waals surface area (Å²) in [5.74, 6) is 1.34. The minimum atomic E-state index is 0. The van der Waals surface area contributed by atoms with Gasteiger partial charge in [0.2, 0.25) is 11.8 Å². The molecule has 1 aliphatic heterocycles. The fraction of sp³-hybridized carbons (Fsp3) is 0.474. The second-order valence-corrected chi connectivity index (χ2v) is 6.56. The number of guanidine groups is 1. The third kappa shape index (κ3) is 5.81. The van der Waals surface area contributed by atoms with Crippen LogP contribution in [0.25, 0.3) is 0 Å². The molecule has 0 aliphatic carbocycles. The summed E-state index contributed by atoms with van der Waals surface area (Å²) >= 11 is 0. The van der Waals surface area contributed by atoms with Gasteiger partial charge in [0, 0.05) is 51.7 Å². The van der Waals surface area contributed by atoms with Crippen molar-refractivity contribution in [3.8, 4) is 5.88 Å². The molecule has 0 saturated carbocycles. The van der Waals surface area contributed by atoms with Gasteiger partial charge in [-0.05, 0) is 12.5 Å². The maximum atomic E-state index is 12.6. The van der Waals surface area contributed by atoms with Crippen molar-refractivity contribution in [1.82, 2.24) is 25.0 Å². The number of nitrogens with one attached hydrogen (secondary N) is 1. The number of aryl methyl sites for hydroxylation is 1. The lowest BCUT2D eigenvalue weighted by molar-refractivity contribution is -0.120. The molecule has 9 nitrogen and oxygen atoms in total. The van der Waals surface area contributed by atoms with E-state index in [-0.39, 0.29) is 36.4 Å². The van der Waals surface area contributed by atoms with Gasteiger partial charge in [-0.3, -0.25) is 14.5 Å². The zero-order valence-corrected chi connectivity index (χ0v) is 19.4. The lowest BCUT2D eigenvalue weighted by Gasteiger charge is -2.35. The van der Waals surface area contributed by atoms with Crippen molar-refractivity contribution in [2.24, 2.45) is 12.0 Å². The van der Waals surface area contributed by atoms with Gasteiger partial charge in [-0.2, -0.15) is 5.10 Å². The number of ether oxygens (including phenoxy) is 1. The second kappa shape index (κ2) is 11.0. The molecule has 2 aromatic heterocycles. The largest absolute Gasteiger partial charge is 0.477 e. The van der Waals surface area contributed by atoms with Crippen LogP contribution in [0.3, 0.4) is 0 Å². The third-order valence-corrected chi connectivity index (χ3v) is 4.46. The summed E-state index contributed by atoms with van der Waals surface area (Å²) in [7, 11) is 3.56. The smallest absolute Gasteiger partial charge is 0.246 e. The Morgan fingerprint density at radius 3 is 2.86 bits per heavy atom. The Hall–Kier alpha value is -2.37. The first-order valence-electron chi connectivity index (χ1n) is 9.43. The van der Waals surface area contributed by atoms with E-state index in [2.05, 4.69) is 27.3 Å². The molecule has 0 aromatic carbocycles. The molecule has 3 rings (SSSR count). The zero-order chi connectivity index (χ0) is 19.9. The molecule has 10 heteroatoms. The van der Waals surface area contributed by atoms with E-state index in [1.165, 1.54) is 0 Å². The van der Waals surface area contributed by atoms with E-state index in [1.54, 1.807) is 29.0 Å².